The smallest absolute Gasteiger partial charge is 0.298 e. The van der Waals surface area contributed by atoms with Gasteiger partial charge in [0.15, 0.2) is 0 Å². The van der Waals surface area contributed by atoms with Gasteiger partial charge in [-0.05, 0) is 48.0 Å². The Bertz CT molecular complexity index is 483. The number of hydrogen-bond acceptors (Lipinski definition) is 7. The molecule has 0 aromatic heterocycles. The zero-order chi connectivity index (χ0) is 15.0. The lowest BCUT2D eigenvalue weighted by molar-refractivity contribution is -0.384. The Balaban J connectivity index is 2.73. The number of hydrogen-bond donors (Lipinski definition) is 0. The first-order valence-corrected chi connectivity index (χ1v) is 11.3. The van der Waals surface area contributed by atoms with Crippen molar-refractivity contribution in [3.05, 3.63) is 34.4 Å². The normalized spacial score (nSPS) is 13.7. The summed E-state index contributed by atoms with van der Waals surface area (Å²) in [4.78, 5) is 10.1. The van der Waals surface area contributed by atoms with Crippen LogP contribution in [0, 0.1) is 10.1 Å². The second-order valence-corrected chi connectivity index (χ2v) is 11.3. The van der Waals surface area contributed by atoms with E-state index in [-0.39, 0.29) is 5.69 Å². The van der Waals surface area contributed by atoms with E-state index in [2.05, 4.69) is 6.92 Å². The van der Waals surface area contributed by atoms with Crippen LogP contribution in [-0.4, -0.2) is 22.4 Å². The van der Waals surface area contributed by atoms with Gasteiger partial charge in [0, 0.05) is 17.2 Å². The first-order valence-electron chi connectivity index (χ1n) is 5.91. The second kappa shape index (κ2) is 8.89. The molecule has 112 valence electrons. The van der Waals surface area contributed by atoms with E-state index in [4.69, 9.17) is 20.9 Å². The Labute approximate surface area is 131 Å². The molecule has 0 aliphatic carbocycles. The molecule has 0 spiro atoms. The minimum atomic E-state index is -2.45. The highest BCUT2D eigenvalue weighted by molar-refractivity contribution is 8.69. The molecule has 1 rings (SSSR count). The second-order valence-electron chi connectivity index (χ2n) is 3.45. The number of nitro benzene ring substituents is 1. The van der Waals surface area contributed by atoms with E-state index >= 15 is 0 Å². The Kier molecular flexibility index (Phi) is 7.91. The molecule has 1 aromatic carbocycles. The summed E-state index contributed by atoms with van der Waals surface area (Å²) >= 11 is 8.70. The molecule has 0 aliphatic heterocycles. The first-order chi connectivity index (χ1) is 9.50. The summed E-state index contributed by atoms with van der Waals surface area (Å²) in [6.45, 7) is 4.43. The van der Waals surface area contributed by atoms with Crippen LogP contribution >= 0.6 is 28.8 Å². The van der Waals surface area contributed by atoms with Crippen LogP contribution in [0.15, 0.2) is 24.3 Å². The van der Waals surface area contributed by atoms with Gasteiger partial charge in [0.05, 0.1) is 11.5 Å². The average molecular weight is 353 g/mol. The molecule has 0 saturated heterocycles. The summed E-state index contributed by atoms with van der Waals surface area (Å²) in [5.74, 6) is 1.51. The number of thioether (sulfide) groups is 1. The molecule has 1 unspecified atom stereocenters. The summed E-state index contributed by atoms with van der Waals surface area (Å²) in [5, 5.41) is 11.4. The molecule has 20 heavy (non-hydrogen) atoms. The van der Waals surface area contributed by atoms with Crippen LogP contribution in [0.4, 0.5) is 5.69 Å². The zero-order valence-electron chi connectivity index (χ0n) is 11.2. The standard InChI is InChI=1S/C11H16NO4PS3/c1-3-15-17(18,20-9-19-4-2)16-11-7-5-10(6-8-11)12(13)14/h5-8H,3-4,9H2,1-2H3. The van der Waals surface area contributed by atoms with Gasteiger partial charge < -0.3 is 9.05 Å². The summed E-state index contributed by atoms with van der Waals surface area (Å²) in [5.41, 5.74) is -2.43. The van der Waals surface area contributed by atoms with Gasteiger partial charge in [-0.2, -0.15) is 11.8 Å². The number of nitro groups is 1. The highest BCUT2D eigenvalue weighted by Crippen LogP contribution is 2.61. The maximum atomic E-state index is 10.6. The van der Waals surface area contributed by atoms with E-state index in [0.29, 0.717) is 12.4 Å². The summed E-state index contributed by atoms with van der Waals surface area (Å²) < 4.78 is 11.3. The quantitative estimate of drug-likeness (QED) is 0.210. The Hall–Kier alpha value is -0.270. The van der Waals surface area contributed by atoms with E-state index in [0.717, 1.165) is 10.8 Å². The molecule has 0 fully saturated rings. The third-order valence-electron chi connectivity index (χ3n) is 2.05. The molecule has 5 nitrogen and oxygen atoms in total. The molecule has 1 atom stereocenters. The van der Waals surface area contributed by atoms with Gasteiger partial charge in [-0.25, -0.2) is 0 Å². The number of non-ortho nitro benzene ring substituents is 1. The van der Waals surface area contributed by atoms with E-state index in [1.54, 1.807) is 23.9 Å². The Morgan fingerprint density at radius 2 is 2.00 bits per heavy atom. The predicted molar refractivity (Wildman–Crippen MR) is 90.2 cm³/mol. The van der Waals surface area contributed by atoms with Gasteiger partial charge >= 0.3 is 0 Å². The van der Waals surface area contributed by atoms with Crippen LogP contribution in [0.25, 0.3) is 0 Å². The number of nitrogens with zero attached hydrogens (tertiary/aromatic N) is 1. The SMILES string of the molecule is CCOP(=S)(Oc1ccc([N+](=O)[O-])cc1)SCSCC. The van der Waals surface area contributed by atoms with Crippen molar-refractivity contribution >= 4 is 46.3 Å². The average Bonchev–Trinajstić information content (AvgIpc) is 2.39. The van der Waals surface area contributed by atoms with E-state index in [9.17, 15) is 10.1 Å². The van der Waals surface area contributed by atoms with E-state index in [1.807, 2.05) is 6.92 Å². The third-order valence-corrected chi connectivity index (χ3v) is 8.80. The molecule has 0 N–H and O–H groups in total. The zero-order valence-corrected chi connectivity index (χ0v) is 14.5. The van der Waals surface area contributed by atoms with Gasteiger partial charge in [-0.15, -0.1) is 0 Å². The van der Waals surface area contributed by atoms with E-state index < -0.39 is 10.6 Å². The van der Waals surface area contributed by atoms with Gasteiger partial charge in [-0.3, -0.25) is 10.1 Å². The lowest BCUT2D eigenvalue weighted by Crippen LogP contribution is -1.96. The molecule has 0 heterocycles. The highest BCUT2D eigenvalue weighted by Gasteiger charge is 2.21. The van der Waals surface area contributed by atoms with Crippen LogP contribution < -0.4 is 4.52 Å². The molecule has 0 aliphatic rings. The lowest BCUT2D eigenvalue weighted by Gasteiger charge is -2.21. The summed E-state index contributed by atoms with van der Waals surface area (Å²) in [7, 11) is 0. The van der Waals surface area contributed by atoms with Crippen molar-refractivity contribution in [2.24, 2.45) is 0 Å². The molecule has 0 saturated carbocycles. The van der Waals surface area contributed by atoms with Crippen molar-refractivity contribution < 1.29 is 14.0 Å². The molecule has 0 radical (unpaired) electrons. The van der Waals surface area contributed by atoms with Crippen LogP contribution in [0.1, 0.15) is 13.8 Å². The van der Waals surface area contributed by atoms with E-state index in [1.165, 1.54) is 23.5 Å². The van der Waals surface area contributed by atoms with Gasteiger partial charge in [-0.1, -0.05) is 6.92 Å². The molecule has 0 bridgehead atoms. The van der Waals surface area contributed by atoms with Crippen molar-refractivity contribution in [3.63, 3.8) is 0 Å². The minimum Gasteiger partial charge on any atom is -0.436 e. The molecule has 1 aromatic rings. The first kappa shape index (κ1) is 17.8. The maximum absolute atomic E-state index is 10.6. The molecular weight excluding hydrogens is 337 g/mol. The van der Waals surface area contributed by atoms with Crippen molar-refractivity contribution in [1.29, 1.82) is 0 Å². The van der Waals surface area contributed by atoms with Crippen LogP contribution in [0.5, 0.6) is 5.75 Å². The van der Waals surface area contributed by atoms with Crippen LogP contribution in [-0.2, 0) is 16.3 Å². The lowest BCUT2D eigenvalue weighted by atomic mass is 10.3. The fourth-order valence-electron chi connectivity index (χ4n) is 1.19. The van der Waals surface area contributed by atoms with Crippen molar-refractivity contribution in [3.8, 4) is 5.75 Å². The van der Waals surface area contributed by atoms with Crippen LogP contribution in [0.3, 0.4) is 0 Å². The monoisotopic (exact) mass is 353 g/mol. The Morgan fingerprint density at radius 1 is 1.35 bits per heavy atom. The van der Waals surface area contributed by atoms with Gasteiger partial charge in [0.1, 0.15) is 5.75 Å². The fraction of sp³-hybridized carbons (Fsp3) is 0.455. The molecular formula is C11H16NO4PS3. The maximum Gasteiger partial charge on any atom is 0.298 e. The predicted octanol–water partition coefficient (Wildman–Crippen LogP) is 4.68. The van der Waals surface area contributed by atoms with Crippen molar-refractivity contribution in [1.82, 2.24) is 0 Å². The number of rotatable bonds is 9. The van der Waals surface area contributed by atoms with Crippen molar-refractivity contribution in [2.45, 2.75) is 13.8 Å². The van der Waals surface area contributed by atoms with Crippen LogP contribution in [0.2, 0.25) is 0 Å². The van der Waals surface area contributed by atoms with Crippen molar-refractivity contribution in [2.75, 3.05) is 17.4 Å². The minimum absolute atomic E-state index is 0.0243. The van der Waals surface area contributed by atoms with Gasteiger partial charge in [0.25, 0.3) is 11.4 Å². The fourth-order valence-corrected chi connectivity index (χ4v) is 8.07. The number of benzene rings is 1. The third kappa shape index (κ3) is 6.01. The summed E-state index contributed by atoms with van der Waals surface area (Å²) in [6.07, 6.45) is 0. The largest absolute Gasteiger partial charge is 0.436 e. The molecule has 0 amide bonds. The Morgan fingerprint density at radius 3 is 2.50 bits per heavy atom. The van der Waals surface area contributed by atoms with Gasteiger partial charge in [0.2, 0.25) is 0 Å². The highest BCUT2D eigenvalue weighted by atomic mass is 32.9. The molecule has 9 heteroatoms. The summed E-state index contributed by atoms with van der Waals surface area (Å²) in [6, 6.07) is 5.89. The topological polar surface area (TPSA) is 61.6 Å².